The zero-order chi connectivity index (χ0) is 7.14. The summed E-state index contributed by atoms with van der Waals surface area (Å²) in [6.45, 7) is 0.568. The van der Waals surface area contributed by atoms with Crippen molar-refractivity contribution in [2.24, 2.45) is 0 Å². The number of fused-ring (bicyclic) bond motifs is 1. The standard InChI is InChI=1S/C6H10O4/c7-3-1-9-6-4(8)2-10-5(3)6/h3-8H,1-2H2/t3-,4-,5+,6?/m0/s1. The third-order valence-corrected chi connectivity index (χ3v) is 2.00. The molecule has 0 aliphatic carbocycles. The van der Waals surface area contributed by atoms with Crippen LogP contribution < -0.4 is 0 Å². The van der Waals surface area contributed by atoms with E-state index in [0.717, 1.165) is 0 Å². The average Bonchev–Trinajstić information content (AvgIpc) is 2.41. The van der Waals surface area contributed by atoms with Crippen LogP contribution >= 0.6 is 0 Å². The highest BCUT2D eigenvalue weighted by Crippen LogP contribution is 2.26. The molecule has 2 fully saturated rings. The first-order chi connectivity index (χ1) is 4.79. The Morgan fingerprint density at radius 2 is 1.30 bits per heavy atom. The third kappa shape index (κ3) is 0.769. The Balaban J connectivity index is 2.09. The van der Waals surface area contributed by atoms with Gasteiger partial charge in [-0.05, 0) is 0 Å². The Kier molecular flexibility index (Phi) is 1.42. The molecule has 0 bridgehead atoms. The van der Waals surface area contributed by atoms with Crippen molar-refractivity contribution in [1.29, 1.82) is 0 Å². The van der Waals surface area contributed by atoms with Gasteiger partial charge >= 0.3 is 0 Å². The number of rotatable bonds is 0. The maximum Gasteiger partial charge on any atom is 0.114 e. The quantitative estimate of drug-likeness (QED) is 0.437. The lowest BCUT2D eigenvalue weighted by Crippen LogP contribution is -2.30. The van der Waals surface area contributed by atoms with Crippen LogP contribution in [0.15, 0.2) is 0 Å². The normalized spacial score (nSPS) is 53.4. The highest BCUT2D eigenvalue weighted by Gasteiger charge is 2.46. The van der Waals surface area contributed by atoms with Crippen molar-refractivity contribution >= 4 is 0 Å². The van der Waals surface area contributed by atoms with Gasteiger partial charge in [0.2, 0.25) is 0 Å². The molecule has 2 N–H and O–H groups in total. The molecule has 2 aliphatic heterocycles. The van der Waals surface area contributed by atoms with Crippen molar-refractivity contribution in [3.8, 4) is 0 Å². The Bertz CT molecular complexity index is 122. The van der Waals surface area contributed by atoms with E-state index in [4.69, 9.17) is 19.7 Å². The molecule has 0 amide bonds. The summed E-state index contributed by atoms with van der Waals surface area (Å²) in [5, 5.41) is 18.3. The van der Waals surface area contributed by atoms with E-state index in [1.54, 1.807) is 0 Å². The van der Waals surface area contributed by atoms with Gasteiger partial charge < -0.3 is 19.7 Å². The second-order valence-corrected chi connectivity index (χ2v) is 2.73. The van der Waals surface area contributed by atoms with E-state index in [9.17, 15) is 0 Å². The third-order valence-electron chi connectivity index (χ3n) is 2.00. The topological polar surface area (TPSA) is 58.9 Å². The summed E-state index contributed by atoms with van der Waals surface area (Å²) < 4.78 is 10.2. The molecule has 4 atom stereocenters. The van der Waals surface area contributed by atoms with Crippen LogP contribution in [0.3, 0.4) is 0 Å². The minimum Gasteiger partial charge on any atom is -0.388 e. The molecule has 2 rings (SSSR count). The van der Waals surface area contributed by atoms with Crippen molar-refractivity contribution < 1.29 is 19.7 Å². The first-order valence-electron chi connectivity index (χ1n) is 3.38. The molecule has 0 aromatic heterocycles. The van der Waals surface area contributed by atoms with E-state index in [1.807, 2.05) is 0 Å². The highest BCUT2D eigenvalue weighted by atomic mass is 16.6. The predicted molar refractivity (Wildman–Crippen MR) is 31.5 cm³/mol. The monoisotopic (exact) mass is 146 g/mol. The van der Waals surface area contributed by atoms with Crippen LogP contribution in [-0.4, -0.2) is 47.8 Å². The molecule has 2 aliphatic rings. The van der Waals surface area contributed by atoms with Crippen LogP contribution in [0, 0.1) is 0 Å². The van der Waals surface area contributed by atoms with E-state index in [-0.39, 0.29) is 25.4 Å². The first-order valence-corrected chi connectivity index (χ1v) is 3.38. The van der Waals surface area contributed by atoms with Gasteiger partial charge in [-0.15, -0.1) is 0 Å². The van der Waals surface area contributed by atoms with Crippen molar-refractivity contribution in [1.82, 2.24) is 0 Å². The van der Waals surface area contributed by atoms with Gasteiger partial charge in [0.05, 0.1) is 13.2 Å². The van der Waals surface area contributed by atoms with Crippen LogP contribution in [0.5, 0.6) is 0 Å². The molecule has 2 saturated heterocycles. The largest absolute Gasteiger partial charge is 0.388 e. The summed E-state index contributed by atoms with van der Waals surface area (Å²) >= 11 is 0. The lowest BCUT2D eigenvalue weighted by molar-refractivity contribution is 0.00205. The van der Waals surface area contributed by atoms with E-state index in [0.29, 0.717) is 0 Å². The molecular formula is C6H10O4. The Morgan fingerprint density at radius 1 is 0.900 bits per heavy atom. The summed E-state index contributed by atoms with van der Waals surface area (Å²) in [5.74, 6) is 0. The van der Waals surface area contributed by atoms with E-state index < -0.39 is 12.2 Å². The van der Waals surface area contributed by atoms with Crippen molar-refractivity contribution in [2.45, 2.75) is 24.4 Å². The lowest BCUT2D eigenvalue weighted by atomic mass is 10.1. The molecule has 0 aromatic rings. The van der Waals surface area contributed by atoms with E-state index in [1.165, 1.54) is 0 Å². The van der Waals surface area contributed by atoms with Crippen molar-refractivity contribution in [2.75, 3.05) is 13.2 Å². The summed E-state index contributed by atoms with van der Waals surface area (Å²) in [6.07, 6.45) is -1.70. The SMILES string of the molecule is O[C@H]1CO[C@H]2C1OC[C@@H]2O. The minimum absolute atomic E-state index is 0.284. The highest BCUT2D eigenvalue weighted by molar-refractivity contribution is 4.93. The Labute approximate surface area is 58.4 Å². The zero-order valence-corrected chi connectivity index (χ0v) is 5.43. The molecule has 2 heterocycles. The fourth-order valence-electron chi connectivity index (χ4n) is 1.46. The average molecular weight is 146 g/mol. The zero-order valence-electron chi connectivity index (χ0n) is 5.43. The van der Waals surface area contributed by atoms with Crippen LogP contribution in [-0.2, 0) is 9.47 Å². The summed E-state index contributed by atoms with van der Waals surface area (Å²) in [4.78, 5) is 0. The molecule has 0 aromatic carbocycles. The molecule has 4 heteroatoms. The number of ether oxygens (including phenoxy) is 2. The van der Waals surface area contributed by atoms with Crippen LogP contribution in [0.2, 0.25) is 0 Å². The Hall–Kier alpha value is -0.160. The van der Waals surface area contributed by atoms with Gasteiger partial charge in [-0.3, -0.25) is 0 Å². The second-order valence-electron chi connectivity index (χ2n) is 2.73. The van der Waals surface area contributed by atoms with Crippen molar-refractivity contribution in [3.05, 3.63) is 0 Å². The first kappa shape index (κ1) is 6.54. The molecule has 10 heavy (non-hydrogen) atoms. The summed E-state index contributed by atoms with van der Waals surface area (Å²) in [5.41, 5.74) is 0. The predicted octanol–water partition coefficient (Wildman–Crippen LogP) is -1.49. The van der Waals surface area contributed by atoms with Crippen LogP contribution in [0.1, 0.15) is 0 Å². The fraction of sp³-hybridized carbons (Fsp3) is 1.00. The van der Waals surface area contributed by atoms with E-state index in [2.05, 4.69) is 0 Å². The summed E-state index contributed by atoms with van der Waals surface area (Å²) in [6, 6.07) is 0. The Morgan fingerprint density at radius 3 is 1.70 bits per heavy atom. The van der Waals surface area contributed by atoms with Crippen LogP contribution in [0.25, 0.3) is 0 Å². The molecule has 0 spiro atoms. The van der Waals surface area contributed by atoms with Gasteiger partial charge in [0.25, 0.3) is 0 Å². The minimum atomic E-state index is -0.554. The number of hydrogen-bond acceptors (Lipinski definition) is 4. The molecule has 0 radical (unpaired) electrons. The van der Waals surface area contributed by atoms with Gasteiger partial charge in [-0.2, -0.15) is 0 Å². The molecule has 4 nitrogen and oxygen atoms in total. The maximum atomic E-state index is 9.16. The lowest BCUT2D eigenvalue weighted by Gasteiger charge is -2.09. The van der Waals surface area contributed by atoms with Gasteiger partial charge in [-0.1, -0.05) is 0 Å². The molecule has 0 saturated carbocycles. The number of hydrogen-bond donors (Lipinski definition) is 2. The number of aliphatic hydroxyl groups is 2. The van der Waals surface area contributed by atoms with Gasteiger partial charge in [-0.25, -0.2) is 0 Å². The van der Waals surface area contributed by atoms with E-state index >= 15 is 0 Å². The fourth-order valence-corrected chi connectivity index (χ4v) is 1.46. The molecular weight excluding hydrogens is 136 g/mol. The van der Waals surface area contributed by atoms with Crippen LogP contribution in [0.4, 0.5) is 0 Å². The summed E-state index contributed by atoms with van der Waals surface area (Å²) in [7, 11) is 0. The van der Waals surface area contributed by atoms with Gasteiger partial charge in [0.1, 0.15) is 24.4 Å². The number of aliphatic hydroxyl groups excluding tert-OH is 2. The second kappa shape index (κ2) is 2.17. The van der Waals surface area contributed by atoms with Crippen molar-refractivity contribution in [3.63, 3.8) is 0 Å². The van der Waals surface area contributed by atoms with Gasteiger partial charge in [0.15, 0.2) is 0 Å². The maximum absolute atomic E-state index is 9.16. The smallest absolute Gasteiger partial charge is 0.114 e. The van der Waals surface area contributed by atoms with Gasteiger partial charge in [0, 0.05) is 0 Å². The molecule has 58 valence electrons. The molecule has 1 unspecified atom stereocenters.